The summed E-state index contributed by atoms with van der Waals surface area (Å²) in [5.41, 5.74) is -0.150. The van der Waals surface area contributed by atoms with E-state index in [1.807, 2.05) is 0 Å². The van der Waals surface area contributed by atoms with Crippen LogP contribution in [0, 0.1) is 0 Å². The summed E-state index contributed by atoms with van der Waals surface area (Å²) in [7, 11) is 2.34. The lowest BCUT2D eigenvalue weighted by molar-refractivity contribution is -0.154. The van der Waals surface area contributed by atoms with Crippen LogP contribution in [0.4, 0.5) is 10.5 Å². The maximum atomic E-state index is 11.9. The van der Waals surface area contributed by atoms with Gasteiger partial charge in [0.2, 0.25) is 0 Å². The number of esters is 2. The first-order valence-electron chi connectivity index (χ1n) is 6.94. The Morgan fingerprint density at radius 3 is 2.00 bits per heavy atom. The van der Waals surface area contributed by atoms with Crippen LogP contribution in [0.5, 0.6) is 0 Å². The second-order valence-corrected chi connectivity index (χ2v) is 5.69. The van der Waals surface area contributed by atoms with Crippen LogP contribution < -0.4 is 5.32 Å². The zero-order valence-corrected chi connectivity index (χ0v) is 13.8. The first-order valence-corrected chi connectivity index (χ1v) is 6.94. The molecule has 0 spiro atoms. The van der Waals surface area contributed by atoms with Crippen molar-refractivity contribution in [1.82, 2.24) is 0 Å². The van der Waals surface area contributed by atoms with E-state index in [0.29, 0.717) is 0 Å². The molecule has 126 valence electrons. The Kier molecular flexibility index (Phi) is 6.12. The van der Waals surface area contributed by atoms with Crippen molar-refractivity contribution < 1.29 is 28.6 Å². The van der Waals surface area contributed by atoms with Crippen LogP contribution in [0.1, 0.15) is 32.3 Å². The van der Waals surface area contributed by atoms with Crippen molar-refractivity contribution in [2.75, 3.05) is 19.5 Å². The van der Waals surface area contributed by atoms with Gasteiger partial charge in [-0.2, -0.15) is 0 Å². The largest absolute Gasteiger partial charge is 0.468 e. The number of nitrogens with one attached hydrogen (secondary N) is 1. The van der Waals surface area contributed by atoms with Crippen molar-refractivity contribution in [3.8, 4) is 0 Å². The third kappa shape index (κ3) is 5.28. The van der Waals surface area contributed by atoms with Gasteiger partial charge in [-0.15, -0.1) is 0 Å². The number of ether oxygens (including phenoxy) is 3. The zero-order chi connectivity index (χ0) is 17.6. The summed E-state index contributed by atoms with van der Waals surface area (Å²) < 4.78 is 14.5. The topological polar surface area (TPSA) is 90.9 Å². The molecule has 0 unspecified atom stereocenters. The molecule has 23 heavy (non-hydrogen) atoms. The minimum absolute atomic E-state index is 0.261. The molecule has 0 aliphatic rings. The van der Waals surface area contributed by atoms with E-state index in [0.717, 1.165) is 0 Å². The van der Waals surface area contributed by atoms with Crippen LogP contribution in [-0.4, -0.2) is 37.9 Å². The number of anilines is 1. The van der Waals surface area contributed by atoms with Gasteiger partial charge in [-0.1, -0.05) is 18.2 Å². The minimum Gasteiger partial charge on any atom is -0.468 e. The fourth-order valence-corrected chi connectivity index (χ4v) is 1.86. The summed E-state index contributed by atoms with van der Waals surface area (Å²) in [6, 6.07) is 6.37. The van der Waals surface area contributed by atoms with Crippen LogP contribution in [0.15, 0.2) is 24.3 Å². The van der Waals surface area contributed by atoms with Crippen molar-refractivity contribution in [2.24, 2.45) is 0 Å². The zero-order valence-electron chi connectivity index (χ0n) is 13.8. The molecule has 1 aromatic rings. The first kappa shape index (κ1) is 18.5. The van der Waals surface area contributed by atoms with E-state index in [-0.39, 0.29) is 11.3 Å². The van der Waals surface area contributed by atoms with Crippen molar-refractivity contribution in [1.29, 1.82) is 0 Å². The van der Waals surface area contributed by atoms with Gasteiger partial charge in [0.25, 0.3) is 0 Å². The van der Waals surface area contributed by atoms with Gasteiger partial charge in [0.15, 0.2) is 5.92 Å². The van der Waals surface area contributed by atoms with Crippen molar-refractivity contribution in [3.63, 3.8) is 0 Å². The number of amides is 1. The standard InChI is InChI=1S/C16H21NO6/c1-16(2,3)23-15(20)17-11-9-7-6-8-10(11)12(13(18)21-4)14(19)22-5/h6-9,12H,1-5H3,(H,17,20). The van der Waals surface area contributed by atoms with E-state index < -0.39 is 29.6 Å². The average molecular weight is 323 g/mol. The average Bonchev–Trinajstić information content (AvgIpc) is 2.46. The summed E-state index contributed by atoms with van der Waals surface area (Å²) in [6.45, 7) is 5.18. The van der Waals surface area contributed by atoms with Crippen molar-refractivity contribution in [3.05, 3.63) is 29.8 Å². The molecular formula is C16H21NO6. The fraction of sp³-hybridized carbons (Fsp3) is 0.438. The number of hydrogen-bond donors (Lipinski definition) is 1. The molecule has 0 atom stereocenters. The molecule has 7 heteroatoms. The van der Waals surface area contributed by atoms with E-state index in [1.165, 1.54) is 20.3 Å². The molecule has 1 N–H and O–H groups in total. The normalized spacial score (nSPS) is 10.9. The summed E-state index contributed by atoms with van der Waals surface area (Å²) in [6.07, 6.45) is -0.696. The van der Waals surface area contributed by atoms with Crippen LogP contribution in [0.2, 0.25) is 0 Å². The lowest BCUT2D eigenvalue weighted by Crippen LogP contribution is -2.29. The van der Waals surface area contributed by atoms with E-state index in [9.17, 15) is 14.4 Å². The lowest BCUT2D eigenvalue weighted by Gasteiger charge is -2.21. The number of methoxy groups -OCH3 is 2. The van der Waals surface area contributed by atoms with Crippen molar-refractivity contribution >= 4 is 23.7 Å². The second kappa shape index (κ2) is 7.62. The Labute approximate surface area is 134 Å². The highest BCUT2D eigenvalue weighted by atomic mass is 16.6. The number of carbonyl (C=O) groups excluding carboxylic acids is 3. The van der Waals surface area contributed by atoms with Gasteiger partial charge in [0, 0.05) is 11.3 Å². The molecule has 0 heterocycles. The number of benzene rings is 1. The second-order valence-electron chi connectivity index (χ2n) is 5.69. The molecule has 0 radical (unpaired) electrons. The molecule has 0 aliphatic carbocycles. The molecule has 0 aromatic heterocycles. The van der Waals surface area contributed by atoms with Crippen LogP contribution >= 0.6 is 0 Å². The summed E-state index contributed by atoms with van der Waals surface area (Å²) in [5, 5.41) is 2.53. The molecule has 0 bridgehead atoms. The lowest BCUT2D eigenvalue weighted by atomic mass is 9.97. The maximum Gasteiger partial charge on any atom is 0.412 e. The number of para-hydroxylation sites is 1. The van der Waals surface area contributed by atoms with E-state index in [4.69, 9.17) is 4.74 Å². The summed E-state index contributed by atoms with van der Waals surface area (Å²) in [4.78, 5) is 35.7. The Bertz CT molecular complexity index is 574. The van der Waals surface area contributed by atoms with Gasteiger partial charge in [-0.05, 0) is 26.8 Å². The molecule has 0 fully saturated rings. The Morgan fingerprint density at radius 1 is 1.00 bits per heavy atom. The summed E-state index contributed by atoms with van der Waals surface area (Å²) >= 11 is 0. The molecule has 0 aliphatic heterocycles. The highest BCUT2D eigenvalue weighted by Crippen LogP contribution is 2.27. The third-order valence-electron chi connectivity index (χ3n) is 2.78. The molecular weight excluding hydrogens is 302 g/mol. The SMILES string of the molecule is COC(=O)C(C(=O)OC)c1ccccc1NC(=O)OC(C)(C)C. The quantitative estimate of drug-likeness (QED) is 0.520. The van der Waals surface area contributed by atoms with Crippen LogP contribution in [0.25, 0.3) is 0 Å². The first-order chi connectivity index (χ1) is 10.7. The van der Waals surface area contributed by atoms with Crippen LogP contribution in [0.3, 0.4) is 0 Å². The predicted molar refractivity (Wildman–Crippen MR) is 83.1 cm³/mol. The van der Waals surface area contributed by atoms with E-state index in [1.54, 1.807) is 39.0 Å². The predicted octanol–water partition coefficient (Wildman–Crippen LogP) is 2.46. The molecule has 1 aromatic carbocycles. The molecule has 1 rings (SSSR count). The molecule has 1 amide bonds. The Hall–Kier alpha value is -2.57. The number of carbonyl (C=O) groups is 3. The molecule has 0 saturated heterocycles. The van der Waals surface area contributed by atoms with Gasteiger partial charge in [0.05, 0.1) is 14.2 Å². The number of hydrogen-bond acceptors (Lipinski definition) is 6. The fourth-order valence-electron chi connectivity index (χ4n) is 1.86. The summed E-state index contributed by atoms with van der Waals surface area (Å²) in [5.74, 6) is -2.86. The monoisotopic (exact) mass is 323 g/mol. The van der Waals surface area contributed by atoms with Gasteiger partial charge < -0.3 is 14.2 Å². The van der Waals surface area contributed by atoms with E-state index in [2.05, 4.69) is 14.8 Å². The van der Waals surface area contributed by atoms with Gasteiger partial charge >= 0.3 is 18.0 Å². The van der Waals surface area contributed by atoms with Crippen LogP contribution in [-0.2, 0) is 23.8 Å². The van der Waals surface area contributed by atoms with Gasteiger partial charge in [-0.25, -0.2) is 4.79 Å². The van der Waals surface area contributed by atoms with Gasteiger partial charge in [-0.3, -0.25) is 14.9 Å². The Morgan fingerprint density at radius 2 is 1.52 bits per heavy atom. The Balaban J connectivity index is 3.14. The molecule has 7 nitrogen and oxygen atoms in total. The number of rotatable bonds is 4. The highest BCUT2D eigenvalue weighted by molar-refractivity contribution is 6.03. The minimum atomic E-state index is -1.30. The third-order valence-corrected chi connectivity index (χ3v) is 2.78. The maximum absolute atomic E-state index is 11.9. The smallest absolute Gasteiger partial charge is 0.412 e. The molecule has 0 saturated carbocycles. The highest BCUT2D eigenvalue weighted by Gasteiger charge is 2.33. The van der Waals surface area contributed by atoms with Crippen molar-refractivity contribution in [2.45, 2.75) is 32.3 Å². The van der Waals surface area contributed by atoms with E-state index >= 15 is 0 Å². The van der Waals surface area contributed by atoms with Gasteiger partial charge in [0.1, 0.15) is 5.60 Å².